The molecule has 3 rings (SSSR count). The van der Waals surface area contributed by atoms with Crippen LogP contribution in [0.3, 0.4) is 0 Å². The van der Waals surface area contributed by atoms with Crippen molar-refractivity contribution in [2.75, 3.05) is 27.3 Å². The van der Waals surface area contributed by atoms with Crippen molar-refractivity contribution < 1.29 is 14.3 Å². The van der Waals surface area contributed by atoms with Crippen LogP contribution in [0.15, 0.2) is 42.5 Å². The van der Waals surface area contributed by atoms with Gasteiger partial charge < -0.3 is 9.47 Å². The lowest BCUT2D eigenvalue weighted by atomic mass is 9.84. The fourth-order valence-corrected chi connectivity index (χ4v) is 4.34. The van der Waals surface area contributed by atoms with Gasteiger partial charge in [-0.2, -0.15) is 0 Å². The first-order valence-corrected chi connectivity index (χ1v) is 10.5. The van der Waals surface area contributed by atoms with Crippen molar-refractivity contribution in [3.05, 3.63) is 59.2 Å². The molecule has 0 radical (unpaired) electrons. The lowest BCUT2D eigenvalue weighted by Crippen LogP contribution is -2.34. The molecule has 1 fully saturated rings. The summed E-state index contributed by atoms with van der Waals surface area (Å²) >= 11 is 0. The minimum Gasteiger partial charge on any atom is -0.493 e. The maximum Gasteiger partial charge on any atom is 0.166 e. The molecule has 1 unspecified atom stereocenters. The Morgan fingerprint density at radius 3 is 2.31 bits per heavy atom. The maximum absolute atomic E-state index is 13.1. The molecule has 2 aromatic rings. The normalized spacial score (nSPS) is 16.4. The van der Waals surface area contributed by atoms with E-state index in [4.69, 9.17) is 9.47 Å². The van der Waals surface area contributed by atoms with Crippen molar-refractivity contribution in [1.82, 2.24) is 4.90 Å². The van der Waals surface area contributed by atoms with Gasteiger partial charge >= 0.3 is 0 Å². The molecule has 29 heavy (non-hydrogen) atoms. The van der Waals surface area contributed by atoms with Gasteiger partial charge in [-0.15, -0.1) is 0 Å². The number of ether oxygens (including phenoxy) is 2. The Kier molecular flexibility index (Phi) is 7.32. The summed E-state index contributed by atoms with van der Waals surface area (Å²) in [5.74, 6) is 2.11. The molecule has 1 heterocycles. The molecule has 0 spiro atoms. The number of hydrogen-bond acceptors (Lipinski definition) is 4. The number of ketones is 1. The average molecular weight is 396 g/mol. The summed E-state index contributed by atoms with van der Waals surface area (Å²) in [6, 6.07) is 14.4. The molecule has 0 aromatic heterocycles. The quantitative estimate of drug-likeness (QED) is 0.581. The summed E-state index contributed by atoms with van der Waals surface area (Å²) in [5, 5.41) is 0. The average Bonchev–Trinajstić information content (AvgIpc) is 2.75. The Morgan fingerprint density at radius 2 is 1.69 bits per heavy atom. The van der Waals surface area contributed by atoms with Crippen molar-refractivity contribution in [1.29, 1.82) is 0 Å². The SMILES string of the molecule is COc1cc(C)c(C(=O)C(C)CC2CCN(Cc3ccccc3)CC2)cc1OC. The van der Waals surface area contributed by atoms with E-state index in [-0.39, 0.29) is 11.7 Å². The van der Waals surface area contributed by atoms with Crippen LogP contribution in [0.1, 0.15) is 47.7 Å². The number of hydrogen-bond donors (Lipinski definition) is 0. The Hall–Kier alpha value is -2.33. The molecular weight excluding hydrogens is 362 g/mol. The number of Topliss-reactive ketones (excluding diaryl/α,β-unsaturated/α-hetero) is 1. The minimum atomic E-state index is 0.0116. The Bertz CT molecular complexity index is 810. The van der Waals surface area contributed by atoms with E-state index in [1.807, 2.05) is 19.1 Å². The van der Waals surface area contributed by atoms with E-state index >= 15 is 0 Å². The van der Waals surface area contributed by atoms with Crippen molar-refractivity contribution in [3.63, 3.8) is 0 Å². The van der Waals surface area contributed by atoms with Gasteiger partial charge in [0.05, 0.1) is 14.2 Å². The number of carbonyl (C=O) groups is 1. The van der Waals surface area contributed by atoms with Crippen molar-refractivity contribution in [2.45, 2.75) is 39.7 Å². The molecule has 1 aliphatic heterocycles. The van der Waals surface area contributed by atoms with Crippen LogP contribution in [0.25, 0.3) is 0 Å². The predicted molar refractivity (Wildman–Crippen MR) is 117 cm³/mol. The Labute approximate surface area is 174 Å². The van der Waals surface area contributed by atoms with E-state index in [1.54, 1.807) is 14.2 Å². The third-order valence-electron chi connectivity index (χ3n) is 6.09. The molecule has 1 atom stereocenters. The number of aryl methyl sites for hydroxylation is 1. The lowest BCUT2D eigenvalue weighted by molar-refractivity contribution is 0.0889. The highest BCUT2D eigenvalue weighted by atomic mass is 16.5. The van der Waals surface area contributed by atoms with Crippen LogP contribution in [-0.4, -0.2) is 38.0 Å². The van der Waals surface area contributed by atoms with Crippen LogP contribution in [0, 0.1) is 18.8 Å². The molecular formula is C25H33NO3. The monoisotopic (exact) mass is 395 g/mol. The molecule has 0 N–H and O–H groups in total. The zero-order valence-electron chi connectivity index (χ0n) is 18.1. The molecule has 0 bridgehead atoms. The highest BCUT2D eigenvalue weighted by molar-refractivity contribution is 5.99. The molecule has 1 saturated heterocycles. The van der Waals surface area contributed by atoms with Gasteiger partial charge in [-0.05, 0) is 68.5 Å². The number of likely N-dealkylation sites (tertiary alicyclic amines) is 1. The Balaban J connectivity index is 1.55. The highest BCUT2D eigenvalue weighted by Crippen LogP contribution is 2.33. The fourth-order valence-electron chi connectivity index (χ4n) is 4.34. The van der Waals surface area contributed by atoms with Gasteiger partial charge in [-0.1, -0.05) is 37.3 Å². The van der Waals surface area contributed by atoms with E-state index in [0.29, 0.717) is 17.4 Å². The van der Waals surface area contributed by atoms with Gasteiger partial charge in [0.15, 0.2) is 17.3 Å². The van der Waals surface area contributed by atoms with Crippen LogP contribution in [0.4, 0.5) is 0 Å². The zero-order valence-corrected chi connectivity index (χ0v) is 18.1. The summed E-state index contributed by atoms with van der Waals surface area (Å²) in [5.41, 5.74) is 3.06. The largest absolute Gasteiger partial charge is 0.493 e. The van der Waals surface area contributed by atoms with Crippen molar-refractivity contribution in [3.8, 4) is 11.5 Å². The maximum atomic E-state index is 13.1. The summed E-state index contributed by atoms with van der Waals surface area (Å²) < 4.78 is 10.7. The molecule has 0 saturated carbocycles. The van der Waals surface area contributed by atoms with E-state index in [1.165, 1.54) is 5.56 Å². The van der Waals surface area contributed by atoms with Crippen LogP contribution in [0.5, 0.6) is 11.5 Å². The van der Waals surface area contributed by atoms with Crippen LogP contribution in [-0.2, 0) is 6.54 Å². The summed E-state index contributed by atoms with van der Waals surface area (Å²) in [4.78, 5) is 15.6. The first kappa shape index (κ1) is 21.4. The van der Waals surface area contributed by atoms with Crippen molar-refractivity contribution in [2.24, 2.45) is 11.8 Å². The topological polar surface area (TPSA) is 38.8 Å². The number of rotatable bonds is 8. The second kappa shape index (κ2) is 9.93. The molecule has 0 amide bonds. The van der Waals surface area contributed by atoms with Gasteiger partial charge in [0.2, 0.25) is 0 Å². The summed E-state index contributed by atoms with van der Waals surface area (Å²) in [7, 11) is 3.22. The third-order valence-corrected chi connectivity index (χ3v) is 6.09. The molecule has 4 nitrogen and oxygen atoms in total. The second-order valence-electron chi connectivity index (χ2n) is 8.23. The first-order chi connectivity index (χ1) is 14.0. The van der Waals surface area contributed by atoms with Crippen LogP contribution in [0.2, 0.25) is 0 Å². The second-order valence-corrected chi connectivity index (χ2v) is 8.23. The number of nitrogens with zero attached hydrogens (tertiary/aromatic N) is 1. The third kappa shape index (κ3) is 5.39. The lowest BCUT2D eigenvalue weighted by Gasteiger charge is -2.33. The van der Waals surface area contributed by atoms with E-state index < -0.39 is 0 Å². The summed E-state index contributed by atoms with van der Waals surface area (Å²) in [6.07, 6.45) is 3.27. The molecule has 4 heteroatoms. The minimum absolute atomic E-state index is 0.0116. The fraction of sp³-hybridized carbons (Fsp3) is 0.480. The number of piperidine rings is 1. The number of benzene rings is 2. The number of carbonyl (C=O) groups excluding carboxylic acids is 1. The summed E-state index contributed by atoms with van der Waals surface area (Å²) in [6.45, 7) is 7.26. The number of methoxy groups -OCH3 is 2. The Morgan fingerprint density at radius 1 is 1.07 bits per heavy atom. The van der Waals surface area contributed by atoms with Crippen molar-refractivity contribution >= 4 is 5.78 Å². The molecule has 156 valence electrons. The van der Waals surface area contributed by atoms with Gasteiger partial charge in [0.1, 0.15) is 0 Å². The van der Waals surface area contributed by atoms with E-state index in [2.05, 4.69) is 42.2 Å². The predicted octanol–water partition coefficient (Wildman–Crippen LogP) is 5.13. The van der Waals surface area contributed by atoms with Gasteiger partial charge in [0.25, 0.3) is 0 Å². The highest BCUT2D eigenvalue weighted by Gasteiger charge is 2.26. The van der Waals surface area contributed by atoms with Gasteiger partial charge in [0, 0.05) is 18.0 Å². The first-order valence-electron chi connectivity index (χ1n) is 10.5. The van der Waals surface area contributed by atoms with Crippen LogP contribution < -0.4 is 9.47 Å². The standard InChI is InChI=1S/C25H33NO3/c1-18-15-23(28-3)24(29-4)16-22(18)25(27)19(2)14-20-10-12-26(13-11-20)17-21-8-6-5-7-9-21/h5-9,15-16,19-20H,10-14,17H2,1-4H3. The smallest absolute Gasteiger partial charge is 0.166 e. The molecule has 1 aliphatic rings. The van der Waals surface area contributed by atoms with E-state index in [0.717, 1.165) is 50.0 Å². The van der Waals surface area contributed by atoms with E-state index in [9.17, 15) is 4.79 Å². The zero-order chi connectivity index (χ0) is 20.8. The van der Waals surface area contributed by atoms with Crippen LogP contribution >= 0.6 is 0 Å². The molecule has 2 aromatic carbocycles. The molecule has 0 aliphatic carbocycles. The van der Waals surface area contributed by atoms with Gasteiger partial charge in [-0.25, -0.2) is 0 Å². The van der Waals surface area contributed by atoms with Gasteiger partial charge in [-0.3, -0.25) is 9.69 Å².